The number of nitrogens with one attached hydrogen (secondary N) is 1. The maximum atomic E-state index is 12.7. The van der Waals surface area contributed by atoms with E-state index in [2.05, 4.69) is 15.3 Å². The van der Waals surface area contributed by atoms with Gasteiger partial charge >= 0.3 is 0 Å². The summed E-state index contributed by atoms with van der Waals surface area (Å²) in [7, 11) is 4.02. The van der Waals surface area contributed by atoms with Crippen LogP contribution in [0.4, 0.5) is 0 Å². The third-order valence-electron chi connectivity index (χ3n) is 4.40. The molecule has 1 amide bonds. The molecule has 7 heteroatoms. The first kappa shape index (κ1) is 18.9. The van der Waals surface area contributed by atoms with E-state index in [4.69, 9.17) is 9.47 Å². The molecule has 0 aromatic carbocycles. The molecule has 0 unspecified atom stereocenters. The second kappa shape index (κ2) is 8.60. The van der Waals surface area contributed by atoms with E-state index in [0.717, 1.165) is 30.9 Å². The van der Waals surface area contributed by atoms with Crippen LogP contribution in [0.1, 0.15) is 35.1 Å². The van der Waals surface area contributed by atoms with Gasteiger partial charge in [-0.1, -0.05) is 0 Å². The molecule has 2 atom stereocenters. The quantitative estimate of drug-likeness (QED) is 0.803. The molecule has 0 radical (unpaired) electrons. The van der Waals surface area contributed by atoms with Gasteiger partial charge in [0, 0.05) is 25.4 Å². The Hall–Kier alpha value is -1.44. The first-order valence-corrected chi connectivity index (χ1v) is 8.63. The monoisotopic (exact) mass is 338 g/mol. The van der Waals surface area contributed by atoms with Gasteiger partial charge in [0.2, 0.25) is 0 Å². The largest absolute Gasteiger partial charge is 0.379 e. The number of hydrogen-bond acceptors (Lipinski definition) is 5. The summed E-state index contributed by atoms with van der Waals surface area (Å²) in [4.78, 5) is 14.8. The summed E-state index contributed by atoms with van der Waals surface area (Å²) in [5.74, 6) is -0.0715. The van der Waals surface area contributed by atoms with Crippen molar-refractivity contribution >= 4 is 5.91 Å². The summed E-state index contributed by atoms with van der Waals surface area (Å²) in [5.41, 5.74) is 2.35. The van der Waals surface area contributed by atoms with Crippen LogP contribution >= 0.6 is 0 Å². The van der Waals surface area contributed by atoms with Crippen molar-refractivity contribution in [1.82, 2.24) is 20.0 Å². The van der Waals surface area contributed by atoms with E-state index >= 15 is 0 Å². The zero-order chi connectivity index (χ0) is 17.7. The maximum absolute atomic E-state index is 12.7. The minimum Gasteiger partial charge on any atom is -0.379 e. The zero-order valence-corrected chi connectivity index (χ0v) is 15.5. The van der Waals surface area contributed by atoms with Crippen molar-refractivity contribution < 1.29 is 14.3 Å². The maximum Gasteiger partial charge on any atom is 0.255 e. The Morgan fingerprint density at radius 3 is 2.83 bits per heavy atom. The Morgan fingerprint density at radius 1 is 1.46 bits per heavy atom. The van der Waals surface area contributed by atoms with E-state index < -0.39 is 0 Å². The van der Waals surface area contributed by atoms with Gasteiger partial charge in [0.05, 0.1) is 30.5 Å². The topological polar surface area (TPSA) is 68.6 Å². The molecule has 1 fully saturated rings. The van der Waals surface area contributed by atoms with Crippen LogP contribution in [-0.4, -0.2) is 73.2 Å². The van der Waals surface area contributed by atoms with Crippen molar-refractivity contribution in [3.8, 4) is 0 Å². The van der Waals surface area contributed by atoms with Crippen LogP contribution in [0, 0.1) is 13.8 Å². The molecule has 1 aromatic rings. The minimum atomic E-state index is -0.107. The van der Waals surface area contributed by atoms with E-state index in [1.165, 1.54) is 0 Å². The molecule has 24 heavy (non-hydrogen) atoms. The van der Waals surface area contributed by atoms with Crippen molar-refractivity contribution in [3.63, 3.8) is 0 Å². The molecule has 0 aliphatic carbocycles. The average Bonchev–Trinajstić information content (AvgIpc) is 2.82. The molecule has 2 rings (SSSR count). The van der Waals surface area contributed by atoms with Crippen molar-refractivity contribution in [2.75, 3.05) is 40.5 Å². The zero-order valence-electron chi connectivity index (χ0n) is 15.5. The first-order valence-electron chi connectivity index (χ1n) is 8.63. The molecule has 0 bridgehead atoms. The molecule has 136 valence electrons. The van der Waals surface area contributed by atoms with Crippen LogP contribution in [-0.2, 0) is 16.0 Å². The van der Waals surface area contributed by atoms with Crippen molar-refractivity contribution in [3.05, 3.63) is 17.0 Å². The number of rotatable bonds is 7. The standard InChI is InChI=1S/C17H30N4O3/c1-6-21-13(3)16(12(2)19-21)17(22)18-14-7-9-23-11-15(14)24-10-8-20(4)5/h14-15H,6-11H2,1-5H3,(H,18,22)/t14-,15-/m1/s1. The highest BCUT2D eigenvalue weighted by Crippen LogP contribution is 2.16. The Bertz CT molecular complexity index is 556. The highest BCUT2D eigenvalue weighted by Gasteiger charge is 2.29. The average molecular weight is 338 g/mol. The van der Waals surface area contributed by atoms with Gasteiger partial charge in [-0.05, 0) is 41.3 Å². The summed E-state index contributed by atoms with van der Waals surface area (Å²) in [6, 6.07) is -0.0304. The normalized spacial score (nSPS) is 21.2. The fraction of sp³-hybridized carbons (Fsp3) is 0.765. The number of hydrogen-bond donors (Lipinski definition) is 1. The fourth-order valence-corrected chi connectivity index (χ4v) is 3.00. The number of amides is 1. The molecule has 0 saturated carbocycles. The van der Waals surface area contributed by atoms with E-state index in [-0.39, 0.29) is 18.1 Å². The third-order valence-corrected chi connectivity index (χ3v) is 4.40. The number of likely N-dealkylation sites (N-methyl/N-ethyl adjacent to an activating group) is 1. The number of aryl methyl sites for hydroxylation is 2. The van der Waals surface area contributed by atoms with Crippen molar-refractivity contribution in [2.45, 2.75) is 45.9 Å². The molecule has 7 nitrogen and oxygen atoms in total. The molecular formula is C17H30N4O3. The van der Waals surface area contributed by atoms with Crippen LogP contribution in [0.5, 0.6) is 0 Å². The molecular weight excluding hydrogens is 308 g/mol. The van der Waals surface area contributed by atoms with Gasteiger partial charge in [-0.2, -0.15) is 5.10 Å². The second-order valence-corrected chi connectivity index (χ2v) is 6.52. The number of nitrogens with zero attached hydrogens (tertiary/aromatic N) is 3. The number of aromatic nitrogens is 2. The summed E-state index contributed by atoms with van der Waals surface area (Å²) in [6.07, 6.45) is 0.655. The second-order valence-electron chi connectivity index (χ2n) is 6.52. The third kappa shape index (κ3) is 4.55. The van der Waals surface area contributed by atoms with Crippen LogP contribution in [0.2, 0.25) is 0 Å². The van der Waals surface area contributed by atoms with Crippen molar-refractivity contribution in [2.24, 2.45) is 0 Å². The van der Waals surface area contributed by atoms with Gasteiger partial charge in [-0.25, -0.2) is 0 Å². The number of ether oxygens (including phenoxy) is 2. The molecule has 1 aliphatic heterocycles. The molecule has 1 N–H and O–H groups in total. The van der Waals surface area contributed by atoms with Gasteiger partial charge in [0.1, 0.15) is 6.10 Å². The minimum absolute atomic E-state index is 0.0304. The number of carbonyl (C=O) groups is 1. The Kier molecular flexibility index (Phi) is 6.77. The van der Waals surface area contributed by atoms with Crippen LogP contribution in [0.3, 0.4) is 0 Å². The molecule has 1 aromatic heterocycles. The predicted molar refractivity (Wildman–Crippen MR) is 92.4 cm³/mol. The van der Waals surface area contributed by atoms with Gasteiger partial charge < -0.3 is 19.7 Å². The fourth-order valence-electron chi connectivity index (χ4n) is 3.00. The Balaban J connectivity index is 2.01. The van der Waals surface area contributed by atoms with Crippen LogP contribution in [0.15, 0.2) is 0 Å². The highest BCUT2D eigenvalue weighted by molar-refractivity contribution is 5.96. The van der Waals surface area contributed by atoms with Crippen LogP contribution in [0.25, 0.3) is 0 Å². The van der Waals surface area contributed by atoms with Gasteiger partial charge in [0.25, 0.3) is 5.91 Å². The van der Waals surface area contributed by atoms with E-state index in [9.17, 15) is 4.79 Å². The van der Waals surface area contributed by atoms with E-state index in [1.54, 1.807) is 0 Å². The predicted octanol–water partition coefficient (Wildman–Crippen LogP) is 0.985. The Labute approximate surface area is 144 Å². The molecule has 0 spiro atoms. The first-order chi connectivity index (χ1) is 11.4. The summed E-state index contributed by atoms with van der Waals surface area (Å²) < 4.78 is 13.3. The lowest BCUT2D eigenvalue weighted by atomic mass is 10.0. The summed E-state index contributed by atoms with van der Waals surface area (Å²) >= 11 is 0. The van der Waals surface area contributed by atoms with E-state index in [0.29, 0.717) is 25.4 Å². The Morgan fingerprint density at radius 2 is 2.21 bits per heavy atom. The number of carbonyl (C=O) groups excluding carboxylic acids is 1. The summed E-state index contributed by atoms with van der Waals surface area (Å²) in [6.45, 7) is 9.23. The smallest absolute Gasteiger partial charge is 0.255 e. The summed E-state index contributed by atoms with van der Waals surface area (Å²) in [5, 5.41) is 7.56. The lowest BCUT2D eigenvalue weighted by Gasteiger charge is -2.32. The van der Waals surface area contributed by atoms with Gasteiger partial charge in [-0.15, -0.1) is 0 Å². The van der Waals surface area contributed by atoms with Gasteiger partial charge in [-0.3, -0.25) is 9.48 Å². The molecule has 1 saturated heterocycles. The lowest BCUT2D eigenvalue weighted by molar-refractivity contribution is -0.0690. The van der Waals surface area contributed by atoms with Gasteiger partial charge in [0.15, 0.2) is 0 Å². The van der Waals surface area contributed by atoms with Crippen molar-refractivity contribution in [1.29, 1.82) is 0 Å². The molecule has 2 heterocycles. The molecule has 1 aliphatic rings. The highest BCUT2D eigenvalue weighted by atomic mass is 16.5. The van der Waals surface area contributed by atoms with E-state index in [1.807, 2.05) is 39.5 Å². The lowest BCUT2D eigenvalue weighted by Crippen LogP contribution is -2.50. The van der Waals surface area contributed by atoms with Crippen LogP contribution < -0.4 is 5.32 Å². The SMILES string of the molecule is CCn1nc(C)c(C(=O)N[C@@H]2CCOC[C@H]2OCCN(C)C)c1C.